The quantitative estimate of drug-likeness (QED) is 0.608. The SMILES string of the molecule is O=S(=O)(OC(c1cccnc1)C(Cl)(Cl)Cl)c1ccccc1. The van der Waals surface area contributed by atoms with Gasteiger partial charge >= 0.3 is 0 Å². The van der Waals surface area contributed by atoms with Crippen molar-refractivity contribution in [2.45, 2.75) is 14.8 Å². The maximum absolute atomic E-state index is 12.2. The van der Waals surface area contributed by atoms with E-state index in [1.54, 1.807) is 30.3 Å². The lowest BCUT2D eigenvalue weighted by Crippen LogP contribution is -2.24. The molecule has 21 heavy (non-hydrogen) atoms. The summed E-state index contributed by atoms with van der Waals surface area (Å²) in [4.78, 5) is 3.85. The Morgan fingerprint density at radius 2 is 1.71 bits per heavy atom. The molecule has 0 bridgehead atoms. The van der Waals surface area contributed by atoms with Gasteiger partial charge < -0.3 is 0 Å². The number of hydrogen-bond acceptors (Lipinski definition) is 4. The molecule has 1 aromatic carbocycles. The molecule has 1 aromatic heterocycles. The van der Waals surface area contributed by atoms with Crippen LogP contribution in [0.15, 0.2) is 59.8 Å². The molecule has 0 aliphatic rings. The van der Waals surface area contributed by atoms with Gasteiger partial charge in [0.1, 0.15) is 0 Å². The Hall–Kier alpha value is -0.850. The molecule has 0 saturated heterocycles. The van der Waals surface area contributed by atoms with Crippen molar-refractivity contribution in [1.82, 2.24) is 4.98 Å². The number of nitrogens with zero attached hydrogens (tertiary/aromatic N) is 1. The van der Waals surface area contributed by atoms with Gasteiger partial charge in [0.25, 0.3) is 10.1 Å². The summed E-state index contributed by atoms with van der Waals surface area (Å²) in [6.07, 6.45) is 1.60. The van der Waals surface area contributed by atoms with E-state index in [1.165, 1.54) is 24.5 Å². The second-order valence-electron chi connectivity index (χ2n) is 4.07. The van der Waals surface area contributed by atoms with Crippen molar-refractivity contribution in [3.63, 3.8) is 0 Å². The lowest BCUT2D eigenvalue weighted by atomic mass is 10.2. The van der Waals surface area contributed by atoms with Crippen LogP contribution in [0, 0.1) is 0 Å². The molecule has 0 saturated carbocycles. The number of benzene rings is 1. The van der Waals surface area contributed by atoms with Gasteiger partial charge in [0.15, 0.2) is 6.10 Å². The maximum atomic E-state index is 12.2. The van der Waals surface area contributed by atoms with Crippen LogP contribution in [0.4, 0.5) is 0 Å². The highest BCUT2D eigenvalue weighted by molar-refractivity contribution is 7.86. The summed E-state index contributed by atoms with van der Waals surface area (Å²) in [5.41, 5.74) is 0.344. The fourth-order valence-electron chi connectivity index (χ4n) is 1.60. The summed E-state index contributed by atoms with van der Waals surface area (Å²) < 4.78 is 27.6. The third-order valence-electron chi connectivity index (χ3n) is 2.54. The molecule has 2 aromatic rings. The van der Waals surface area contributed by atoms with Crippen LogP contribution in [0.5, 0.6) is 0 Å². The fourth-order valence-corrected chi connectivity index (χ4v) is 3.38. The molecule has 0 fully saturated rings. The molecule has 0 radical (unpaired) electrons. The van der Waals surface area contributed by atoms with Crippen molar-refractivity contribution in [1.29, 1.82) is 0 Å². The molecule has 0 aliphatic carbocycles. The second-order valence-corrected chi connectivity index (χ2v) is 8.01. The average Bonchev–Trinajstić information content (AvgIpc) is 2.46. The third-order valence-corrected chi connectivity index (χ3v) is 4.43. The largest absolute Gasteiger partial charge is 0.297 e. The first kappa shape index (κ1) is 16.5. The standard InChI is InChI=1S/C13H10Cl3NO3S/c14-13(15,16)12(10-5-4-8-17-9-10)20-21(18,19)11-6-2-1-3-7-11/h1-9,12H. The average molecular weight is 367 g/mol. The molecule has 0 spiro atoms. The summed E-state index contributed by atoms with van der Waals surface area (Å²) in [5.74, 6) is 0. The molecule has 1 unspecified atom stereocenters. The summed E-state index contributed by atoms with van der Waals surface area (Å²) >= 11 is 17.5. The highest BCUT2D eigenvalue weighted by Crippen LogP contribution is 2.43. The molecule has 1 heterocycles. The Morgan fingerprint density at radius 1 is 1.05 bits per heavy atom. The van der Waals surface area contributed by atoms with E-state index < -0.39 is 20.0 Å². The Kier molecular flexibility index (Phi) is 5.11. The van der Waals surface area contributed by atoms with Crippen LogP contribution in [0.3, 0.4) is 0 Å². The Bertz CT molecular complexity index is 688. The molecule has 8 heteroatoms. The van der Waals surface area contributed by atoms with Gasteiger partial charge in [0.05, 0.1) is 4.90 Å². The first-order chi connectivity index (χ1) is 9.81. The number of pyridine rings is 1. The molecule has 112 valence electrons. The Labute approximate surface area is 137 Å². The van der Waals surface area contributed by atoms with E-state index in [4.69, 9.17) is 39.0 Å². The predicted molar refractivity (Wildman–Crippen MR) is 82.0 cm³/mol. The van der Waals surface area contributed by atoms with Gasteiger partial charge in [0, 0.05) is 18.0 Å². The van der Waals surface area contributed by atoms with Crippen molar-refractivity contribution in [3.05, 3.63) is 60.4 Å². The third kappa shape index (κ3) is 4.31. The van der Waals surface area contributed by atoms with Crippen LogP contribution >= 0.6 is 34.8 Å². The molecule has 4 nitrogen and oxygen atoms in total. The topological polar surface area (TPSA) is 56.3 Å². The zero-order valence-electron chi connectivity index (χ0n) is 10.5. The number of rotatable bonds is 4. The van der Waals surface area contributed by atoms with Crippen LogP contribution in [0.1, 0.15) is 11.7 Å². The van der Waals surface area contributed by atoms with E-state index in [9.17, 15) is 8.42 Å². The van der Waals surface area contributed by atoms with E-state index in [-0.39, 0.29) is 4.90 Å². The van der Waals surface area contributed by atoms with Crippen LogP contribution in [-0.2, 0) is 14.3 Å². The number of aromatic nitrogens is 1. The van der Waals surface area contributed by atoms with Gasteiger partial charge in [-0.05, 0) is 18.2 Å². The van der Waals surface area contributed by atoms with Crippen molar-refractivity contribution in [2.75, 3.05) is 0 Å². The summed E-state index contributed by atoms with van der Waals surface area (Å²) in [6, 6.07) is 10.8. The highest BCUT2D eigenvalue weighted by atomic mass is 35.6. The maximum Gasteiger partial charge on any atom is 0.297 e. The normalized spacial score (nSPS) is 13.9. The van der Waals surface area contributed by atoms with Crippen LogP contribution < -0.4 is 0 Å². The van der Waals surface area contributed by atoms with E-state index in [0.29, 0.717) is 5.56 Å². The van der Waals surface area contributed by atoms with Crippen molar-refractivity contribution >= 4 is 44.9 Å². The summed E-state index contributed by atoms with van der Waals surface area (Å²) in [6.45, 7) is 0. The monoisotopic (exact) mass is 365 g/mol. The van der Waals surface area contributed by atoms with Gasteiger partial charge in [-0.3, -0.25) is 9.17 Å². The van der Waals surface area contributed by atoms with E-state index in [2.05, 4.69) is 4.98 Å². The predicted octanol–water partition coefficient (Wildman–Crippen LogP) is 3.90. The molecule has 2 rings (SSSR count). The summed E-state index contributed by atoms with van der Waals surface area (Å²) in [5, 5.41) is 0. The first-order valence-corrected chi connectivity index (χ1v) is 8.30. The molecule has 0 amide bonds. The van der Waals surface area contributed by atoms with Crippen molar-refractivity contribution in [3.8, 4) is 0 Å². The molecule has 0 N–H and O–H groups in total. The highest BCUT2D eigenvalue weighted by Gasteiger charge is 2.39. The Balaban J connectivity index is 2.37. The zero-order valence-corrected chi connectivity index (χ0v) is 13.6. The van der Waals surface area contributed by atoms with Gasteiger partial charge in [0.2, 0.25) is 3.79 Å². The number of halogens is 3. The Morgan fingerprint density at radius 3 is 2.24 bits per heavy atom. The van der Waals surface area contributed by atoms with E-state index >= 15 is 0 Å². The van der Waals surface area contributed by atoms with Gasteiger partial charge in [-0.15, -0.1) is 0 Å². The first-order valence-electron chi connectivity index (χ1n) is 5.76. The molecular formula is C13H10Cl3NO3S. The van der Waals surface area contributed by atoms with Crippen molar-refractivity contribution < 1.29 is 12.6 Å². The number of hydrogen-bond donors (Lipinski definition) is 0. The van der Waals surface area contributed by atoms with Crippen LogP contribution in [0.2, 0.25) is 0 Å². The summed E-state index contributed by atoms with van der Waals surface area (Å²) in [7, 11) is -4.07. The number of alkyl halides is 3. The van der Waals surface area contributed by atoms with Gasteiger partial charge in [-0.25, -0.2) is 0 Å². The van der Waals surface area contributed by atoms with Gasteiger partial charge in [-0.1, -0.05) is 59.1 Å². The smallest absolute Gasteiger partial charge is 0.264 e. The fraction of sp³-hybridized carbons (Fsp3) is 0.154. The lowest BCUT2D eigenvalue weighted by Gasteiger charge is -2.24. The van der Waals surface area contributed by atoms with E-state index in [0.717, 1.165) is 0 Å². The minimum absolute atomic E-state index is 0.0202. The van der Waals surface area contributed by atoms with Crippen LogP contribution in [0.25, 0.3) is 0 Å². The van der Waals surface area contributed by atoms with Gasteiger partial charge in [-0.2, -0.15) is 8.42 Å². The zero-order chi connectivity index (χ0) is 15.5. The second kappa shape index (κ2) is 6.50. The molecule has 1 atom stereocenters. The molecular weight excluding hydrogens is 357 g/mol. The molecule has 0 aliphatic heterocycles. The minimum atomic E-state index is -4.07. The minimum Gasteiger partial charge on any atom is -0.264 e. The lowest BCUT2D eigenvalue weighted by molar-refractivity contribution is 0.217. The van der Waals surface area contributed by atoms with E-state index in [1.807, 2.05) is 0 Å². The van der Waals surface area contributed by atoms with Crippen molar-refractivity contribution in [2.24, 2.45) is 0 Å². The van der Waals surface area contributed by atoms with Crippen LogP contribution in [-0.4, -0.2) is 17.2 Å².